The molecule has 0 radical (unpaired) electrons. The first kappa shape index (κ1) is 22.2. The van der Waals surface area contributed by atoms with Crippen LogP contribution in [0.15, 0.2) is 82.9 Å². The van der Waals surface area contributed by atoms with Gasteiger partial charge in [0.15, 0.2) is 0 Å². The molecule has 0 aliphatic heterocycles. The van der Waals surface area contributed by atoms with E-state index in [-0.39, 0.29) is 5.82 Å². The van der Waals surface area contributed by atoms with E-state index in [1.807, 2.05) is 43.3 Å². The number of pyridine rings is 1. The molecule has 158 valence electrons. The van der Waals surface area contributed by atoms with E-state index in [9.17, 15) is 8.60 Å². The molecule has 0 amide bonds. The van der Waals surface area contributed by atoms with E-state index in [0.717, 1.165) is 33.0 Å². The SMILES string of the molecule is CC=NC.CS(=O)c1ccc(-c2nc(-c3ccc(F)cc3)c(-c3ccncc3)[nH]2)cc1. The summed E-state index contributed by atoms with van der Waals surface area (Å²) in [7, 11) is 0.722. The number of nitrogens with one attached hydrogen (secondary N) is 1. The van der Waals surface area contributed by atoms with Crippen LogP contribution in [-0.2, 0) is 10.8 Å². The fourth-order valence-corrected chi connectivity index (χ4v) is 3.38. The summed E-state index contributed by atoms with van der Waals surface area (Å²) in [4.78, 5) is 16.6. The summed E-state index contributed by atoms with van der Waals surface area (Å²) >= 11 is 0. The first-order valence-electron chi connectivity index (χ1n) is 9.60. The molecular formula is C24H23FN4OS. The lowest BCUT2D eigenvalue weighted by Gasteiger charge is -2.02. The van der Waals surface area contributed by atoms with Crippen LogP contribution in [0.2, 0.25) is 0 Å². The van der Waals surface area contributed by atoms with Gasteiger partial charge in [-0.2, -0.15) is 0 Å². The van der Waals surface area contributed by atoms with Crippen molar-refractivity contribution in [1.29, 1.82) is 0 Å². The summed E-state index contributed by atoms with van der Waals surface area (Å²) < 4.78 is 24.9. The van der Waals surface area contributed by atoms with Gasteiger partial charge in [0.1, 0.15) is 11.6 Å². The van der Waals surface area contributed by atoms with Crippen molar-refractivity contribution >= 4 is 17.0 Å². The first-order chi connectivity index (χ1) is 15.0. The van der Waals surface area contributed by atoms with Crippen LogP contribution in [0.1, 0.15) is 6.92 Å². The van der Waals surface area contributed by atoms with Gasteiger partial charge in [0.25, 0.3) is 0 Å². The third-order valence-corrected chi connectivity index (χ3v) is 5.44. The highest BCUT2D eigenvalue weighted by molar-refractivity contribution is 7.84. The maximum Gasteiger partial charge on any atom is 0.138 e. The molecule has 0 fully saturated rings. The highest BCUT2D eigenvalue weighted by atomic mass is 32.2. The number of aromatic nitrogens is 3. The number of benzene rings is 2. The molecule has 0 aliphatic carbocycles. The second-order valence-corrected chi connectivity index (χ2v) is 7.93. The molecule has 1 N–H and O–H groups in total. The van der Waals surface area contributed by atoms with Gasteiger partial charge in [0.05, 0.1) is 11.4 Å². The Labute approximate surface area is 183 Å². The van der Waals surface area contributed by atoms with Crippen LogP contribution < -0.4 is 0 Å². The lowest BCUT2D eigenvalue weighted by Crippen LogP contribution is -1.87. The Kier molecular flexibility index (Phi) is 7.56. The van der Waals surface area contributed by atoms with Crippen LogP contribution in [0.25, 0.3) is 33.9 Å². The molecule has 1 unspecified atom stereocenters. The predicted octanol–water partition coefficient (Wildman–Crippen LogP) is 5.39. The second kappa shape index (κ2) is 10.5. The van der Waals surface area contributed by atoms with Gasteiger partial charge >= 0.3 is 0 Å². The Bertz CT molecular complexity index is 1170. The molecule has 0 aliphatic rings. The number of hydrogen-bond acceptors (Lipinski definition) is 4. The Morgan fingerprint density at radius 1 is 0.935 bits per heavy atom. The van der Waals surface area contributed by atoms with Gasteiger partial charge < -0.3 is 9.98 Å². The molecule has 4 rings (SSSR count). The summed E-state index contributed by atoms with van der Waals surface area (Å²) in [5, 5.41) is 0. The van der Waals surface area contributed by atoms with Crippen LogP contribution in [0.5, 0.6) is 0 Å². The second-order valence-electron chi connectivity index (χ2n) is 6.55. The van der Waals surface area contributed by atoms with Crippen LogP contribution in [-0.4, -0.2) is 38.7 Å². The Morgan fingerprint density at radius 3 is 2.06 bits per heavy atom. The van der Waals surface area contributed by atoms with E-state index in [0.29, 0.717) is 5.82 Å². The number of rotatable bonds is 4. The van der Waals surface area contributed by atoms with E-state index < -0.39 is 10.8 Å². The Balaban J connectivity index is 0.000000628. The largest absolute Gasteiger partial charge is 0.337 e. The smallest absolute Gasteiger partial charge is 0.138 e. The van der Waals surface area contributed by atoms with Gasteiger partial charge in [-0.1, -0.05) is 12.1 Å². The molecule has 2 heterocycles. The molecule has 0 saturated heterocycles. The van der Waals surface area contributed by atoms with Gasteiger partial charge in [-0.25, -0.2) is 9.37 Å². The molecule has 2 aromatic carbocycles. The number of H-pyrrole nitrogens is 1. The first-order valence-corrected chi connectivity index (χ1v) is 11.2. The minimum absolute atomic E-state index is 0.289. The molecule has 0 saturated carbocycles. The number of aliphatic imine (C=N–C) groups is 1. The summed E-state index contributed by atoms with van der Waals surface area (Å²) in [6, 6.07) is 17.5. The summed E-state index contributed by atoms with van der Waals surface area (Å²) in [5.74, 6) is 0.401. The minimum Gasteiger partial charge on any atom is -0.337 e. The van der Waals surface area contributed by atoms with Crippen molar-refractivity contribution in [2.45, 2.75) is 11.8 Å². The lowest BCUT2D eigenvalue weighted by atomic mass is 10.1. The molecule has 7 heteroatoms. The maximum absolute atomic E-state index is 13.3. The van der Waals surface area contributed by atoms with Crippen LogP contribution in [0.4, 0.5) is 4.39 Å². The van der Waals surface area contributed by atoms with E-state index >= 15 is 0 Å². The highest BCUT2D eigenvalue weighted by Gasteiger charge is 2.15. The van der Waals surface area contributed by atoms with E-state index in [2.05, 4.69) is 15.0 Å². The average Bonchev–Trinajstić information content (AvgIpc) is 3.26. The lowest BCUT2D eigenvalue weighted by molar-refractivity contribution is 0.628. The molecule has 4 aromatic rings. The van der Waals surface area contributed by atoms with Gasteiger partial charge in [0.2, 0.25) is 0 Å². The van der Waals surface area contributed by atoms with Gasteiger partial charge in [-0.15, -0.1) is 0 Å². The third-order valence-electron chi connectivity index (χ3n) is 4.51. The van der Waals surface area contributed by atoms with Crippen molar-refractivity contribution in [3.8, 4) is 33.9 Å². The number of hydrogen-bond donors (Lipinski definition) is 1. The normalized spacial score (nSPS) is 11.7. The van der Waals surface area contributed by atoms with Crippen molar-refractivity contribution in [2.75, 3.05) is 13.3 Å². The van der Waals surface area contributed by atoms with Crippen molar-refractivity contribution in [3.63, 3.8) is 0 Å². The van der Waals surface area contributed by atoms with Crippen molar-refractivity contribution in [1.82, 2.24) is 15.0 Å². The van der Waals surface area contributed by atoms with E-state index in [1.54, 1.807) is 44.0 Å². The number of nitrogens with zero attached hydrogens (tertiary/aromatic N) is 3. The van der Waals surface area contributed by atoms with Gasteiger partial charge in [-0.3, -0.25) is 9.19 Å². The van der Waals surface area contributed by atoms with Crippen molar-refractivity contribution in [3.05, 3.63) is 78.9 Å². The fourth-order valence-electron chi connectivity index (χ4n) is 2.86. The quantitative estimate of drug-likeness (QED) is 0.438. The molecule has 1 atom stereocenters. The summed E-state index contributed by atoms with van der Waals surface area (Å²) in [6.07, 6.45) is 6.83. The molecule has 0 bridgehead atoms. The third kappa shape index (κ3) is 5.58. The number of halogens is 1. The van der Waals surface area contributed by atoms with Crippen LogP contribution in [0.3, 0.4) is 0 Å². The fraction of sp³-hybridized carbons (Fsp3) is 0.125. The number of imidazole rings is 1. The monoisotopic (exact) mass is 434 g/mol. The molecule has 5 nitrogen and oxygen atoms in total. The maximum atomic E-state index is 13.3. The van der Waals surface area contributed by atoms with E-state index in [1.165, 1.54) is 12.1 Å². The van der Waals surface area contributed by atoms with Crippen molar-refractivity contribution < 1.29 is 8.60 Å². The van der Waals surface area contributed by atoms with Crippen molar-refractivity contribution in [2.24, 2.45) is 4.99 Å². The Morgan fingerprint density at radius 2 is 1.52 bits per heavy atom. The minimum atomic E-state index is -1.03. The van der Waals surface area contributed by atoms with E-state index in [4.69, 9.17) is 4.98 Å². The zero-order valence-corrected chi connectivity index (χ0v) is 18.4. The highest BCUT2D eigenvalue weighted by Crippen LogP contribution is 2.33. The zero-order chi connectivity index (χ0) is 22.2. The summed E-state index contributed by atoms with van der Waals surface area (Å²) in [6.45, 7) is 1.89. The Hall–Kier alpha value is -3.45. The average molecular weight is 435 g/mol. The molecule has 31 heavy (non-hydrogen) atoms. The predicted molar refractivity (Wildman–Crippen MR) is 125 cm³/mol. The number of aromatic amines is 1. The standard InChI is InChI=1S/C21H16FN3OS.C3H7N/c1-27(26)18-8-4-16(5-9-18)21-24-19(14-2-6-17(22)7-3-14)20(25-21)15-10-12-23-13-11-15;1-3-4-2/h2-13H,1H3,(H,24,25);3H,1-2H3. The molecular weight excluding hydrogens is 411 g/mol. The zero-order valence-electron chi connectivity index (χ0n) is 17.5. The van der Waals surface area contributed by atoms with Gasteiger partial charge in [-0.05, 0) is 61.7 Å². The molecule has 2 aromatic heterocycles. The van der Waals surface area contributed by atoms with Gasteiger partial charge in [0, 0.05) is 58.1 Å². The van der Waals surface area contributed by atoms with Crippen LogP contribution in [0, 0.1) is 5.82 Å². The topological polar surface area (TPSA) is 71.0 Å². The molecule has 0 spiro atoms. The summed E-state index contributed by atoms with van der Waals surface area (Å²) in [5.41, 5.74) is 4.21. The van der Waals surface area contributed by atoms with Crippen LogP contribution >= 0.6 is 0 Å².